The lowest BCUT2D eigenvalue weighted by Gasteiger charge is -2.66. The highest BCUT2D eigenvalue weighted by Crippen LogP contribution is 2.69. The molecule has 0 saturated heterocycles. The van der Waals surface area contributed by atoms with Crippen molar-refractivity contribution in [2.24, 2.45) is 34.5 Å². The molecule has 4 fully saturated rings. The van der Waals surface area contributed by atoms with Gasteiger partial charge in [-0.15, -0.1) is 0 Å². The normalized spacial score (nSPS) is 55.3. The van der Waals surface area contributed by atoms with Gasteiger partial charge in [-0.25, -0.2) is 4.89 Å². The number of hydrogen-bond acceptors (Lipinski definition) is 7. The maximum atomic E-state index is 11.3. The molecule has 11 unspecified atom stereocenters. The van der Waals surface area contributed by atoms with E-state index in [-0.39, 0.29) is 35.5 Å². The quantitative estimate of drug-likeness (QED) is 0.297. The number of aliphatic hydroxyl groups is 5. The summed E-state index contributed by atoms with van der Waals surface area (Å²) in [4.78, 5) is 4.99. The number of aliphatic hydroxyl groups excluding tert-OH is 5. The molecule has 4 saturated carbocycles. The summed E-state index contributed by atoms with van der Waals surface area (Å²) in [6.07, 6.45) is 1.05. The summed E-state index contributed by atoms with van der Waals surface area (Å²) in [6, 6.07) is 0. The molecule has 0 amide bonds. The molecule has 0 bridgehead atoms. The van der Waals surface area contributed by atoms with E-state index in [2.05, 4.69) is 6.92 Å². The fraction of sp³-hybridized carbons (Fsp3) is 1.00. The van der Waals surface area contributed by atoms with Crippen molar-refractivity contribution >= 4 is 0 Å². The standard InChI is InChI=1S/C23H40O7/c1-12(24)17(26)10-13-4-5-15-18-16(7-8-21(13,15)2)22(3)9-6-14(25)11-23(22,30-29)20(28)19(18)27/h12-20,24-29H,4-11H2,1-3H3/t12?,13?,14?,15?,16?,17?,18?,19?,20?,21?,22?,23-/m0/s1. The van der Waals surface area contributed by atoms with Crippen molar-refractivity contribution < 1.29 is 35.7 Å². The lowest BCUT2D eigenvalue weighted by Crippen LogP contribution is -2.74. The van der Waals surface area contributed by atoms with E-state index in [1.54, 1.807) is 6.92 Å². The Labute approximate surface area is 179 Å². The van der Waals surface area contributed by atoms with Gasteiger partial charge in [0.25, 0.3) is 0 Å². The monoisotopic (exact) mass is 428 g/mol. The van der Waals surface area contributed by atoms with Crippen LogP contribution in [0.5, 0.6) is 0 Å². The molecule has 4 aliphatic carbocycles. The van der Waals surface area contributed by atoms with E-state index >= 15 is 0 Å². The van der Waals surface area contributed by atoms with Gasteiger partial charge in [-0.2, -0.15) is 0 Å². The van der Waals surface area contributed by atoms with Gasteiger partial charge in [0.15, 0.2) is 0 Å². The molecule has 7 nitrogen and oxygen atoms in total. The minimum atomic E-state index is -1.36. The van der Waals surface area contributed by atoms with Gasteiger partial charge in [0, 0.05) is 11.8 Å². The molecule has 4 aliphatic rings. The van der Waals surface area contributed by atoms with Gasteiger partial charge in [0.2, 0.25) is 0 Å². The number of hydrogen-bond donors (Lipinski definition) is 6. The van der Waals surface area contributed by atoms with Crippen molar-refractivity contribution in [2.75, 3.05) is 0 Å². The Morgan fingerprint density at radius 3 is 2.30 bits per heavy atom. The SMILES string of the molecule is CC(O)C(O)CC1CCC2C3C(O)C(O)[C@@]4(OO)CC(O)CCC4(C)C3CCC12C. The zero-order valence-electron chi connectivity index (χ0n) is 18.4. The van der Waals surface area contributed by atoms with Crippen molar-refractivity contribution in [3.63, 3.8) is 0 Å². The maximum absolute atomic E-state index is 11.3. The minimum absolute atomic E-state index is 0.0671. The van der Waals surface area contributed by atoms with E-state index in [0.717, 1.165) is 25.7 Å². The van der Waals surface area contributed by atoms with Crippen LogP contribution < -0.4 is 0 Å². The molecule has 12 atom stereocenters. The molecular weight excluding hydrogens is 388 g/mol. The Hall–Kier alpha value is -0.280. The Bertz CT molecular complexity index is 643. The van der Waals surface area contributed by atoms with Crippen LogP contribution in [0.3, 0.4) is 0 Å². The van der Waals surface area contributed by atoms with E-state index in [1.165, 1.54) is 0 Å². The molecule has 0 heterocycles. The van der Waals surface area contributed by atoms with Crippen LogP contribution >= 0.6 is 0 Å². The van der Waals surface area contributed by atoms with Crippen molar-refractivity contribution in [1.29, 1.82) is 0 Å². The first kappa shape index (κ1) is 22.9. The third-order valence-electron chi connectivity index (χ3n) is 10.3. The fourth-order valence-corrected chi connectivity index (χ4v) is 8.40. The van der Waals surface area contributed by atoms with Crippen molar-refractivity contribution in [1.82, 2.24) is 0 Å². The van der Waals surface area contributed by atoms with E-state index in [1.807, 2.05) is 6.92 Å². The summed E-state index contributed by atoms with van der Waals surface area (Å²) in [7, 11) is 0. The molecule has 0 aromatic heterocycles. The molecule has 30 heavy (non-hydrogen) atoms. The Morgan fingerprint density at radius 1 is 0.967 bits per heavy atom. The fourth-order valence-electron chi connectivity index (χ4n) is 8.40. The average molecular weight is 429 g/mol. The van der Waals surface area contributed by atoms with Crippen molar-refractivity contribution in [3.05, 3.63) is 0 Å². The van der Waals surface area contributed by atoms with E-state index in [9.17, 15) is 30.8 Å². The maximum Gasteiger partial charge on any atom is 0.139 e. The third kappa shape index (κ3) is 2.96. The molecule has 0 aromatic carbocycles. The van der Waals surface area contributed by atoms with Crippen LogP contribution in [0.1, 0.15) is 72.1 Å². The molecule has 4 rings (SSSR count). The van der Waals surface area contributed by atoms with E-state index in [4.69, 9.17) is 4.89 Å². The van der Waals surface area contributed by atoms with Gasteiger partial charge in [-0.1, -0.05) is 13.8 Å². The number of rotatable bonds is 4. The highest BCUT2D eigenvalue weighted by atomic mass is 17.1. The lowest BCUT2D eigenvalue weighted by atomic mass is 9.41. The molecule has 6 N–H and O–H groups in total. The molecule has 0 radical (unpaired) electrons. The lowest BCUT2D eigenvalue weighted by molar-refractivity contribution is -0.420. The van der Waals surface area contributed by atoms with Crippen molar-refractivity contribution in [3.8, 4) is 0 Å². The minimum Gasteiger partial charge on any atom is -0.393 e. The average Bonchev–Trinajstić information content (AvgIpc) is 3.03. The van der Waals surface area contributed by atoms with Gasteiger partial charge < -0.3 is 25.5 Å². The first-order valence-corrected chi connectivity index (χ1v) is 11.7. The van der Waals surface area contributed by atoms with Crippen LogP contribution in [0, 0.1) is 34.5 Å². The summed E-state index contributed by atoms with van der Waals surface area (Å²) in [5.41, 5.74) is -1.97. The van der Waals surface area contributed by atoms with Gasteiger partial charge in [0.1, 0.15) is 11.7 Å². The summed E-state index contributed by atoms with van der Waals surface area (Å²) in [5.74, 6) is 0.427. The van der Waals surface area contributed by atoms with Crippen molar-refractivity contribution in [2.45, 2.75) is 108 Å². The topological polar surface area (TPSA) is 131 Å². The zero-order valence-corrected chi connectivity index (χ0v) is 18.4. The first-order valence-electron chi connectivity index (χ1n) is 11.7. The smallest absolute Gasteiger partial charge is 0.139 e. The highest BCUT2D eigenvalue weighted by Gasteiger charge is 2.71. The molecule has 0 aromatic rings. The third-order valence-corrected chi connectivity index (χ3v) is 10.3. The summed E-state index contributed by atoms with van der Waals surface area (Å²) in [6.45, 7) is 5.91. The molecule has 174 valence electrons. The molecular formula is C23H40O7. The number of fused-ring (bicyclic) bond motifs is 5. The Morgan fingerprint density at radius 2 is 1.67 bits per heavy atom. The van der Waals surface area contributed by atoms with Crippen LogP contribution in [0.25, 0.3) is 0 Å². The van der Waals surface area contributed by atoms with E-state index in [0.29, 0.717) is 19.3 Å². The second-order valence-corrected chi connectivity index (χ2v) is 11.4. The van der Waals surface area contributed by atoms with Crippen LogP contribution in [0.15, 0.2) is 0 Å². The predicted molar refractivity (Wildman–Crippen MR) is 109 cm³/mol. The second-order valence-electron chi connectivity index (χ2n) is 11.4. The Kier molecular flexibility index (Phi) is 5.84. The summed E-state index contributed by atoms with van der Waals surface area (Å²) in [5, 5.41) is 62.8. The summed E-state index contributed by atoms with van der Waals surface area (Å²) < 4.78 is 0. The summed E-state index contributed by atoms with van der Waals surface area (Å²) >= 11 is 0. The second kappa shape index (κ2) is 7.65. The first-order chi connectivity index (χ1) is 14.0. The van der Waals surface area contributed by atoms with Crippen LogP contribution in [-0.2, 0) is 4.89 Å². The van der Waals surface area contributed by atoms with Gasteiger partial charge in [-0.3, -0.25) is 5.26 Å². The van der Waals surface area contributed by atoms with Crippen LogP contribution in [-0.4, -0.2) is 66.9 Å². The molecule has 7 heteroatoms. The zero-order chi connectivity index (χ0) is 22.1. The Balaban J connectivity index is 1.67. The van der Waals surface area contributed by atoms with Gasteiger partial charge >= 0.3 is 0 Å². The predicted octanol–water partition coefficient (Wildman–Crippen LogP) is 1.69. The highest BCUT2D eigenvalue weighted by molar-refractivity contribution is 5.20. The van der Waals surface area contributed by atoms with Gasteiger partial charge in [0.05, 0.1) is 24.4 Å². The van der Waals surface area contributed by atoms with Crippen LogP contribution in [0.4, 0.5) is 0 Å². The molecule has 0 aliphatic heterocycles. The largest absolute Gasteiger partial charge is 0.393 e. The van der Waals surface area contributed by atoms with E-state index < -0.39 is 41.5 Å². The molecule has 0 spiro atoms. The van der Waals surface area contributed by atoms with Gasteiger partial charge in [-0.05, 0) is 81.0 Å². The van der Waals surface area contributed by atoms with Crippen LogP contribution in [0.2, 0.25) is 0 Å².